The maximum absolute atomic E-state index is 11.0. The second kappa shape index (κ2) is 4.41. The Labute approximate surface area is 98.2 Å². The molecule has 88 valence electrons. The van der Waals surface area contributed by atoms with Crippen LogP contribution in [0.1, 0.15) is 23.1 Å². The van der Waals surface area contributed by atoms with E-state index in [1.165, 1.54) is 5.56 Å². The van der Waals surface area contributed by atoms with Gasteiger partial charge in [-0.2, -0.15) is 0 Å². The first kappa shape index (κ1) is 11.4. The van der Waals surface area contributed by atoms with Crippen molar-refractivity contribution in [1.82, 2.24) is 0 Å². The fraction of sp³-hybridized carbons (Fsp3) is 0.231. The number of carboxylic acid groups (broad SMARTS) is 2. The Kier molecular flexibility index (Phi) is 2.95. The zero-order valence-electron chi connectivity index (χ0n) is 9.14. The lowest BCUT2D eigenvalue weighted by molar-refractivity contribution is -0.133. The second-order valence-corrected chi connectivity index (χ2v) is 4.04. The normalized spacial score (nSPS) is 14.5. The van der Waals surface area contributed by atoms with E-state index >= 15 is 0 Å². The molecule has 2 N–H and O–H groups in total. The van der Waals surface area contributed by atoms with Gasteiger partial charge in [0, 0.05) is 6.08 Å². The number of benzene rings is 1. The molecule has 0 saturated heterocycles. The van der Waals surface area contributed by atoms with Crippen molar-refractivity contribution in [2.24, 2.45) is 0 Å². The number of carboxylic acids is 2. The lowest BCUT2D eigenvalue weighted by Crippen LogP contribution is -2.03. The Hall–Kier alpha value is -2.10. The smallest absolute Gasteiger partial charge is 0.336 e. The van der Waals surface area contributed by atoms with Crippen LogP contribution in [0.3, 0.4) is 0 Å². The fourth-order valence-electron chi connectivity index (χ4n) is 2.13. The van der Waals surface area contributed by atoms with E-state index in [1.54, 1.807) is 12.1 Å². The monoisotopic (exact) mass is 232 g/mol. The highest BCUT2D eigenvalue weighted by atomic mass is 16.4. The van der Waals surface area contributed by atoms with Gasteiger partial charge in [0.05, 0.1) is 5.57 Å². The molecule has 1 aromatic rings. The highest BCUT2D eigenvalue weighted by Gasteiger charge is 2.16. The van der Waals surface area contributed by atoms with Crippen LogP contribution in [0.15, 0.2) is 24.3 Å². The average Bonchev–Trinajstić information content (AvgIpc) is 2.72. The molecule has 0 fully saturated rings. The van der Waals surface area contributed by atoms with Crippen LogP contribution in [0.4, 0.5) is 0 Å². The lowest BCUT2D eigenvalue weighted by atomic mass is 10.0. The zero-order chi connectivity index (χ0) is 12.4. The minimum absolute atomic E-state index is 0.174. The van der Waals surface area contributed by atoms with E-state index in [0.29, 0.717) is 5.56 Å². The molecule has 1 aliphatic rings. The van der Waals surface area contributed by atoms with Crippen LogP contribution in [0, 0.1) is 0 Å². The Morgan fingerprint density at radius 3 is 2.47 bits per heavy atom. The minimum atomic E-state index is -1.25. The molecule has 0 bridgehead atoms. The molecule has 2 rings (SSSR count). The van der Waals surface area contributed by atoms with Gasteiger partial charge in [-0.15, -0.1) is 0 Å². The Morgan fingerprint density at radius 2 is 1.82 bits per heavy atom. The molecule has 0 atom stereocenters. The lowest BCUT2D eigenvalue weighted by Gasteiger charge is -2.05. The summed E-state index contributed by atoms with van der Waals surface area (Å²) in [6.07, 6.45) is 3.76. The van der Waals surface area contributed by atoms with E-state index in [4.69, 9.17) is 10.2 Å². The van der Waals surface area contributed by atoms with Crippen LogP contribution in [0.25, 0.3) is 5.57 Å². The van der Waals surface area contributed by atoms with Gasteiger partial charge in [0.2, 0.25) is 0 Å². The maximum atomic E-state index is 11.0. The van der Waals surface area contributed by atoms with Crippen molar-refractivity contribution < 1.29 is 19.8 Å². The van der Waals surface area contributed by atoms with Gasteiger partial charge in [0.15, 0.2) is 0 Å². The van der Waals surface area contributed by atoms with Crippen molar-refractivity contribution >= 4 is 17.5 Å². The van der Waals surface area contributed by atoms with Crippen molar-refractivity contribution in [2.45, 2.75) is 19.3 Å². The first-order valence-corrected chi connectivity index (χ1v) is 5.38. The number of hydrogen-bond acceptors (Lipinski definition) is 2. The molecule has 1 aromatic carbocycles. The number of rotatable bonds is 3. The van der Waals surface area contributed by atoms with E-state index in [2.05, 4.69) is 0 Å². The van der Waals surface area contributed by atoms with E-state index in [1.807, 2.05) is 6.07 Å². The Morgan fingerprint density at radius 1 is 1.12 bits per heavy atom. The van der Waals surface area contributed by atoms with Gasteiger partial charge in [-0.3, -0.25) is 0 Å². The standard InChI is InChI=1S/C13H12O4/c14-12(15)7-11(13(16)17)10-5-4-8-2-1-3-9(8)6-10/h4-7H,1-3H2,(H,14,15)(H,16,17)/b11-7-. The van der Waals surface area contributed by atoms with E-state index in [9.17, 15) is 9.59 Å². The van der Waals surface area contributed by atoms with Crippen molar-refractivity contribution in [2.75, 3.05) is 0 Å². The largest absolute Gasteiger partial charge is 0.478 e. The summed E-state index contributed by atoms with van der Waals surface area (Å²) in [6, 6.07) is 5.34. The molecule has 17 heavy (non-hydrogen) atoms. The minimum Gasteiger partial charge on any atom is -0.478 e. The first-order chi connectivity index (χ1) is 8.08. The number of fused-ring (bicyclic) bond motifs is 1. The zero-order valence-corrected chi connectivity index (χ0v) is 9.14. The third-order valence-electron chi connectivity index (χ3n) is 2.91. The fourth-order valence-corrected chi connectivity index (χ4v) is 2.13. The highest BCUT2D eigenvalue weighted by molar-refractivity contribution is 6.19. The van der Waals surface area contributed by atoms with Crippen LogP contribution in [0.2, 0.25) is 0 Å². The van der Waals surface area contributed by atoms with Gasteiger partial charge in [0.1, 0.15) is 0 Å². The SMILES string of the molecule is O=C(O)/C=C(\C(=O)O)c1ccc2c(c1)CCC2. The van der Waals surface area contributed by atoms with E-state index < -0.39 is 11.9 Å². The van der Waals surface area contributed by atoms with Crippen molar-refractivity contribution in [3.8, 4) is 0 Å². The quantitative estimate of drug-likeness (QED) is 0.778. The summed E-state index contributed by atoms with van der Waals surface area (Å²) >= 11 is 0. The molecule has 0 aliphatic heterocycles. The topological polar surface area (TPSA) is 74.6 Å². The van der Waals surface area contributed by atoms with Gasteiger partial charge in [-0.05, 0) is 36.0 Å². The molecule has 0 unspecified atom stereocenters. The number of hydrogen-bond donors (Lipinski definition) is 2. The predicted molar refractivity (Wildman–Crippen MR) is 61.7 cm³/mol. The van der Waals surface area contributed by atoms with Crippen LogP contribution in [-0.2, 0) is 22.4 Å². The summed E-state index contributed by atoms with van der Waals surface area (Å²) < 4.78 is 0. The molecule has 4 nitrogen and oxygen atoms in total. The molecule has 0 heterocycles. The summed E-state index contributed by atoms with van der Waals surface area (Å²) in [6.45, 7) is 0. The number of carbonyl (C=O) groups is 2. The average molecular weight is 232 g/mol. The Bertz CT molecular complexity index is 514. The van der Waals surface area contributed by atoms with Crippen LogP contribution in [-0.4, -0.2) is 22.2 Å². The molecule has 0 aromatic heterocycles. The summed E-state index contributed by atoms with van der Waals surface area (Å²) in [7, 11) is 0. The summed E-state index contributed by atoms with van der Waals surface area (Å²) in [4.78, 5) is 21.6. The molecule has 4 heteroatoms. The van der Waals surface area contributed by atoms with Gasteiger partial charge in [0.25, 0.3) is 0 Å². The molecule has 1 aliphatic carbocycles. The van der Waals surface area contributed by atoms with Gasteiger partial charge < -0.3 is 10.2 Å². The van der Waals surface area contributed by atoms with Gasteiger partial charge >= 0.3 is 11.9 Å². The van der Waals surface area contributed by atoms with E-state index in [0.717, 1.165) is 30.9 Å². The third-order valence-corrected chi connectivity index (χ3v) is 2.91. The number of aliphatic carboxylic acids is 2. The Balaban J connectivity index is 2.44. The molecular weight excluding hydrogens is 220 g/mol. The van der Waals surface area contributed by atoms with Gasteiger partial charge in [-0.25, -0.2) is 9.59 Å². The maximum Gasteiger partial charge on any atom is 0.336 e. The van der Waals surface area contributed by atoms with Crippen molar-refractivity contribution in [3.63, 3.8) is 0 Å². The van der Waals surface area contributed by atoms with Crippen molar-refractivity contribution in [1.29, 1.82) is 0 Å². The van der Waals surface area contributed by atoms with Crippen LogP contribution >= 0.6 is 0 Å². The summed E-state index contributed by atoms with van der Waals surface area (Å²) in [5, 5.41) is 17.6. The van der Waals surface area contributed by atoms with Crippen LogP contribution in [0.5, 0.6) is 0 Å². The highest BCUT2D eigenvalue weighted by Crippen LogP contribution is 2.26. The second-order valence-electron chi connectivity index (χ2n) is 4.04. The first-order valence-electron chi connectivity index (χ1n) is 5.38. The molecule has 0 amide bonds. The third kappa shape index (κ3) is 2.36. The summed E-state index contributed by atoms with van der Waals surface area (Å²) in [5.41, 5.74) is 2.64. The molecule has 0 spiro atoms. The van der Waals surface area contributed by atoms with Crippen molar-refractivity contribution in [3.05, 3.63) is 41.0 Å². The molecule has 0 saturated carbocycles. The predicted octanol–water partition coefficient (Wildman–Crippen LogP) is 1.73. The molecular formula is C13H12O4. The van der Waals surface area contributed by atoms with Gasteiger partial charge in [-0.1, -0.05) is 18.2 Å². The van der Waals surface area contributed by atoms with Crippen LogP contribution < -0.4 is 0 Å². The van der Waals surface area contributed by atoms with E-state index in [-0.39, 0.29) is 5.57 Å². The molecule has 0 radical (unpaired) electrons. The number of aryl methyl sites for hydroxylation is 2. The summed E-state index contributed by atoms with van der Waals surface area (Å²) in [5.74, 6) is -2.46.